The summed E-state index contributed by atoms with van der Waals surface area (Å²) < 4.78 is 5.62. The number of nitro benzene ring substituents is 1. The van der Waals surface area contributed by atoms with Gasteiger partial charge in [0.1, 0.15) is 0 Å². The van der Waals surface area contributed by atoms with Crippen molar-refractivity contribution >= 4 is 5.69 Å². The molecule has 0 saturated heterocycles. The number of nitro groups is 1. The van der Waals surface area contributed by atoms with E-state index in [-0.39, 0.29) is 10.6 Å². The zero-order valence-electron chi connectivity index (χ0n) is 13.1. The molecule has 1 aromatic carbocycles. The summed E-state index contributed by atoms with van der Waals surface area (Å²) in [4.78, 5) is 10.7. The Hall–Kier alpha value is -1.62. The first kappa shape index (κ1) is 17.4. The Morgan fingerprint density at radius 2 is 2.00 bits per heavy atom. The molecule has 1 aromatic rings. The maximum Gasteiger partial charge on any atom is 0.310 e. The lowest BCUT2D eigenvalue weighted by Gasteiger charge is -2.09. The highest BCUT2D eigenvalue weighted by molar-refractivity contribution is 5.48. The van der Waals surface area contributed by atoms with Crippen LogP contribution in [0.25, 0.3) is 0 Å². The highest BCUT2D eigenvalue weighted by Gasteiger charge is 2.15. The quantitative estimate of drug-likeness (QED) is 0.380. The molecule has 1 rings (SSSR count). The van der Waals surface area contributed by atoms with E-state index in [0.717, 1.165) is 31.4 Å². The minimum Gasteiger partial charge on any atom is -0.487 e. The maximum absolute atomic E-state index is 11.0. The second-order valence-electron chi connectivity index (χ2n) is 5.15. The fourth-order valence-corrected chi connectivity index (χ4v) is 2.06. The van der Waals surface area contributed by atoms with Gasteiger partial charge in [0.2, 0.25) is 0 Å². The van der Waals surface area contributed by atoms with Crippen LogP contribution >= 0.6 is 0 Å². The Labute approximate surface area is 126 Å². The summed E-state index contributed by atoms with van der Waals surface area (Å²) in [6.45, 7) is 6.43. The van der Waals surface area contributed by atoms with Gasteiger partial charge in [-0.15, -0.1) is 0 Å². The van der Waals surface area contributed by atoms with Gasteiger partial charge in [0.15, 0.2) is 5.75 Å². The van der Waals surface area contributed by atoms with Crippen LogP contribution in [-0.2, 0) is 6.54 Å². The highest BCUT2D eigenvalue weighted by Crippen LogP contribution is 2.28. The van der Waals surface area contributed by atoms with E-state index in [1.807, 2.05) is 0 Å². The average molecular weight is 294 g/mol. The predicted octanol–water partition coefficient (Wildman–Crippen LogP) is 4.05. The van der Waals surface area contributed by atoms with Crippen molar-refractivity contribution in [2.24, 2.45) is 0 Å². The van der Waals surface area contributed by atoms with Gasteiger partial charge in [-0.05, 0) is 31.0 Å². The summed E-state index contributed by atoms with van der Waals surface area (Å²) in [5.41, 5.74) is 1.06. The van der Waals surface area contributed by atoms with Gasteiger partial charge in [0.25, 0.3) is 0 Å². The molecule has 0 aromatic heterocycles. The number of nitrogens with zero attached hydrogens (tertiary/aromatic N) is 1. The van der Waals surface area contributed by atoms with E-state index in [4.69, 9.17) is 4.74 Å². The van der Waals surface area contributed by atoms with Crippen LogP contribution in [0.5, 0.6) is 5.75 Å². The third kappa shape index (κ3) is 6.58. The molecule has 0 aliphatic heterocycles. The van der Waals surface area contributed by atoms with E-state index in [0.29, 0.717) is 18.9 Å². The minimum atomic E-state index is -0.384. The van der Waals surface area contributed by atoms with Gasteiger partial charge in [-0.2, -0.15) is 0 Å². The van der Waals surface area contributed by atoms with Gasteiger partial charge < -0.3 is 10.1 Å². The second kappa shape index (κ2) is 10.2. The van der Waals surface area contributed by atoms with Crippen molar-refractivity contribution in [3.8, 4) is 5.75 Å². The van der Waals surface area contributed by atoms with E-state index in [2.05, 4.69) is 19.2 Å². The van der Waals surface area contributed by atoms with Crippen LogP contribution in [0.3, 0.4) is 0 Å². The first-order valence-corrected chi connectivity index (χ1v) is 7.79. The van der Waals surface area contributed by atoms with Crippen LogP contribution < -0.4 is 10.1 Å². The van der Waals surface area contributed by atoms with Crippen LogP contribution in [0.1, 0.15) is 51.5 Å². The van der Waals surface area contributed by atoms with Gasteiger partial charge in [-0.3, -0.25) is 10.1 Å². The lowest BCUT2D eigenvalue weighted by molar-refractivity contribution is -0.385. The smallest absolute Gasteiger partial charge is 0.310 e. The van der Waals surface area contributed by atoms with E-state index < -0.39 is 0 Å². The molecule has 0 heterocycles. The lowest BCUT2D eigenvalue weighted by Crippen LogP contribution is -2.14. The molecule has 21 heavy (non-hydrogen) atoms. The zero-order chi connectivity index (χ0) is 15.5. The third-order valence-corrected chi connectivity index (χ3v) is 3.23. The van der Waals surface area contributed by atoms with Crippen molar-refractivity contribution in [1.82, 2.24) is 5.32 Å². The number of hydrogen-bond donors (Lipinski definition) is 1. The molecular weight excluding hydrogens is 268 g/mol. The van der Waals surface area contributed by atoms with E-state index in [1.54, 1.807) is 12.1 Å². The van der Waals surface area contributed by atoms with Crippen molar-refractivity contribution in [1.29, 1.82) is 0 Å². The molecule has 0 amide bonds. The van der Waals surface area contributed by atoms with Gasteiger partial charge in [0, 0.05) is 12.6 Å². The number of hydrogen-bond acceptors (Lipinski definition) is 4. The van der Waals surface area contributed by atoms with Crippen molar-refractivity contribution < 1.29 is 9.66 Å². The van der Waals surface area contributed by atoms with Gasteiger partial charge in [-0.25, -0.2) is 0 Å². The first-order chi connectivity index (χ1) is 10.2. The molecular formula is C16H26N2O3. The molecule has 0 radical (unpaired) electrons. The van der Waals surface area contributed by atoms with Crippen LogP contribution in [0, 0.1) is 10.1 Å². The van der Waals surface area contributed by atoms with Crippen molar-refractivity contribution in [3.05, 3.63) is 33.9 Å². The summed E-state index contributed by atoms with van der Waals surface area (Å²) in [5, 5.41) is 14.3. The molecule has 0 fully saturated rings. The highest BCUT2D eigenvalue weighted by atomic mass is 16.6. The van der Waals surface area contributed by atoms with E-state index in [1.165, 1.54) is 18.9 Å². The molecule has 0 atom stereocenters. The second-order valence-corrected chi connectivity index (χ2v) is 5.15. The number of rotatable bonds is 11. The number of benzene rings is 1. The number of ether oxygens (including phenoxy) is 1. The topological polar surface area (TPSA) is 64.4 Å². The summed E-state index contributed by atoms with van der Waals surface area (Å²) in [5.74, 6) is 0.382. The van der Waals surface area contributed by atoms with Gasteiger partial charge in [-0.1, -0.05) is 39.2 Å². The van der Waals surface area contributed by atoms with E-state index >= 15 is 0 Å². The molecule has 0 aliphatic carbocycles. The Morgan fingerprint density at radius 3 is 2.67 bits per heavy atom. The average Bonchev–Trinajstić information content (AvgIpc) is 2.47. The lowest BCUT2D eigenvalue weighted by atomic mass is 10.2. The first-order valence-electron chi connectivity index (χ1n) is 7.79. The molecule has 5 nitrogen and oxygen atoms in total. The Balaban J connectivity index is 2.62. The SMILES string of the molecule is CCCCCCOc1cc(CNCCC)ccc1[N+](=O)[O-]. The largest absolute Gasteiger partial charge is 0.487 e. The molecule has 118 valence electrons. The normalized spacial score (nSPS) is 10.6. The summed E-state index contributed by atoms with van der Waals surface area (Å²) in [7, 11) is 0. The Morgan fingerprint density at radius 1 is 1.19 bits per heavy atom. The standard InChI is InChI=1S/C16H26N2O3/c1-3-5-6-7-11-21-16-12-14(13-17-10-4-2)8-9-15(16)18(19)20/h8-9,12,17H,3-7,10-11,13H2,1-2H3. The Kier molecular flexibility index (Phi) is 8.43. The minimum absolute atomic E-state index is 0.0460. The van der Waals surface area contributed by atoms with Crippen LogP contribution in [0.2, 0.25) is 0 Å². The van der Waals surface area contributed by atoms with Crippen LogP contribution in [0.15, 0.2) is 18.2 Å². The Bertz CT molecular complexity index is 436. The fraction of sp³-hybridized carbons (Fsp3) is 0.625. The molecule has 0 saturated carbocycles. The molecule has 0 aliphatic rings. The van der Waals surface area contributed by atoms with Crippen molar-refractivity contribution in [2.45, 2.75) is 52.5 Å². The summed E-state index contributed by atoms with van der Waals surface area (Å²) >= 11 is 0. The maximum atomic E-state index is 11.0. The number of unbranched alkanes of at least 4 members (excludes halogenated alkanes) is 3. The van der Waals surface area contributed by atoms with Gasteiger partial charge >= 0.3 is 5.69 Å². The van der Waals surface area contributed by atoms with Gasteiger partial charge in [0.05, 0.1) is 11.5 Å². The summed E-state index contributed by atoms with van der Waals surface area (Å²) in [6, 6.07) is 5.09. The zero-order valence-corrected chi connectivity index (χ0v) is 13.1. The molecule has 5 heteroatoms. The van der Waals surface area contributed by atoms with Crippen molar-refractivity contribution in [3.63, 3.8) is 0 Å². The third-order valence-electron chi connectivity index (χ3n) is 3.23. The molecule has 0 unspecified atom stereocenters. The van der Waals surface area contributed by atoms with Crippen molar-refractivity contribution in [2.75, 3.05) is 13.2 Å². The monoisotopic (exact) mass is 294 g/mol. The molecule has 1 N–H and O–H groups in total. The summed E-state index contributed by atoms with van der Waals surface area (Å²) in [6.07, 6.45) is 5.43. The molecule has 0 bridgehead atoms. The molecule has 0 spiro atoms. The fourth-order valence-electron chi connectivity index (χ4n) is 2.06. The van der Waals surface area contributed by atoms with Crippen LogP contribution in [-0.4, -0.2) is 18.1 Å². The van der Waals surface area contributed by atoms with E-state index in [9.17, 15) is 10.1 Å². The van der Waals surface area contributed by atoms with Crippen LogP contribution in [0.4, 0.5) is 5.69 Å². The predicted molar refractivity (Wildman–Crippen MR) is 84.7 cm³/mol. The number of nitrogens with one attached hydrogen (secondary N) is 1.